The van der Waals surface area contributed by atoms with Gasteiger partial charge in [-0.25, -0.2) is 4.79 Å². The molecule has 1 unspecified atom stereocenters. The molecule has 0 aliphatic carbocycles. The van der Waals surface area contributed by atoms with Gasteiger partial charge in [-0.1, -0.05) is 13.0 Å². The Morgan fingerprint density at radius 2 is 2.33 bits per heavy atom. The topological polar surface area (TPSA) is 38.3 Å². The minimum atomic E-state index is -0.342. The van der Waals surface area contributed by atoms with Crippen LogP contribution in [0.5, 0.6) is 0 Å². The molecule has 0 bridgehead atoms. The van der Waals surface area contributed by atoms with Gasteiger partial charge >= 0.3 is 6.09 Å². The summed E-state index contributed by atoms with van der Waals surface area (Å²) in [5.74, 6) is 0. The van der Waals surface area contributed by atoms with Gasteiger partial charge in [-0.3, -0.25) is 0 Å². The first-order valence-electron chi connectivity index (χ1n) is 5.14. The smallest absolute Gasteiger partial charge is 0.407 e. The lowest BCUT2D eigenvalue weighted by Crippen LogP contribution is -2.30. The van der Waals surface area contributed by atoms with E-state index in [9.17, 15) is 4.79 Å². The van der Waals surface area contributed by atoms with Crippen molar-refractivity contribution in [1.29, 1.82) is 0 Å². The second kappa shape index (κ2) is 5.75. The first-order valence-corrected chi connectivity index (χ1v) is 6.02. The number of hydrogen-bond donors (Lipinski definition) is 1. The molecule has 0 saturated heterocycles. The zero-order valence-corrected chi connectivity index (χ0v) is 10.1. The maximum absolute atomic E-state index is 11.4. The lowest BCUT2D eigenvalue weighted by atomic mass is 10.2. The van der Waals surface area contributed by atoms with Crippen molar-refractivity contribution >= 4 is 17.4 Å². The van der Waals surface area contributed by atoms with Gasteiger partial charge in [0.1, 0.15) is 0 Å². The third-order valence-electron chi connectivity index (χ3n) is 1.93. The van der Waals surface area contributed by atoms with Crippen LogP contribution in [0.4, 0.5) is 4.79 Å². The highest BCUT2D eigenvalue weighted by Crippen LogP contribution is 2.21. The maximum Gasteiger partial charge on any atom is 0.407 e. The monoisotopic (exact) mass is 227 g/mol. The van der Waals surface area contributed by atoms with Crippen LogP contribution < -0.4 is 5.32 Å². The Bertz CT molecular complexity index is 296. The zero-order chi connectivity index (χ0) is 11.3. The van der Waals surface area contributed by atoms with Crippen molar-refractivity contribution in [2.45, 2.75) is 39.3 Å². The number of hydrogen-bond acceptors (Lipinski definition) is 3. The van der Waals surface area contributed by atoms with Crippen molar-refractivity contribution in [3.63, 3.8) is 0 Å². The van der Waals surface area contributed by atoms with Crippen LogP contribution >= 0.6 is 11.3 Å². The van der Waals surface area contributed by atoms with E-state index in [-0.39, 0.29) is 18.2 Å². The van der Waals surface area contributed by atoms with E-state index in [1.807, 2.05) is 38.3 Å². The Hall–Kier alpha value is -1.03. The number of thiophene rings is 1. The number of alkyl carbamates (subject to hydrolysis) is 1. The SMILES string of the molecule is CCC(NC(=O)OC(C)C)c1cccs1. The van der Waals surface area contributed by atoms with E-state index in [2.05, 4.69) is 5.32 Å². The van der Waals surface area contributed by atoms with Crippen LogP contribution in [0.1, 0.15) is 38.1 Å². The van der Waals surface area contributed by atoms with Crippen molar-refractivity contribution in [1.82, 2.24) is 5.32 Å². The summed E-state index contributed by atoms with van der Waals surface area (Å²) in [6, 6.07) is 4.07. The Labute approximate surface area is 94.5 Å². The molecule has 3 nitrogen and oxygen atoms in total. The van der Waals surface area contributed by atoms with Gasteiger partial charge in [0.25, 0.3) is 0 Å². The predicted octanol–water partition coefficient (Wildman–Crippen LogP) is 3.33. The fraction of sp³-hybridized carbons (Fsp3) is 0.545. The molecule has 1 amide bonds. The fourth-order valence-corrected chi connectivity index (χ4v) is 2.12. The summed E-state index contributed by atoms with van der Waals surface area (Å²) in [6.07, 6.45) is 0.448. The molecule has 4 heteroatoms. The Kier molecular flexibility index (Phi) is 4.62. The first-order chi connectivity index (χ1) is 7.13. The summed E-state index contributed by atoms with van der Waals surface area (Å²) in [4.78, 5) is 12.6. The molecule has 0 aromatic carbocycles. The molecule has 1 rings (SSSR count). The van der Waals surface area contributed by atoms with Crippen LogP contribution in [0.2, 0.25) is 0 Å². The van der Waals surface area contributed by atoms with Crippen LogP contribution in [0.25, 0.3) is 0 Å². The van der Waals surface area contributed by atoms with Gasteiger partial charge < -0.3 is 10.1 Å². The van der Waals surface area contributed by atoms with Gasteiger partial charge in [-0.15, -0.1) is 11.3 Å². The number of carbonyl (C=O) groups excluding carboxylic acids is 1. The quantitative estimate of drug-likeness (QED) is 0.856. The first kappa shape index (κ1) is 12.0. The molecule has 15 heavy (non-hydrogen) atoms. The highest BCUT2D eigenvalue weighted by molar-refractivity contribution is 7.10. The average Bonchev–Trinajstić information content (AvgIpc) is 2.65. The summed E-state index contributed by atoms with van der Waals surface area (Å²) in [6.45, 7) is 5.72. The number of amides is 1. The van der Waals surface area contributed by atoms with Gasteiger partial charge in [-0.05, 0) is 31.7 Å². The van der Waals surface area contributed by atoms with Gasteiger partial charge in [0, 0.05) is 4.88 Å². The molecule has 1 heterocycles. The number of ether oxygens (including phenoxy) is 1. The third-order valence-corrected chi connectivity index (χ3v) is 2.92. The van der Waals surface area contributed by atoms with Crippen LogP contribution in [-0.4, -0.2) is 12.2 Å². The van der Waals surface area contributed by atoms with Crippen molar-refractivity contribution in [3.05, 3.63) is 22.4 Å². The normalized spacial score (nSPS) is 12.5. The highest BCUT2D eigenvalue weighted by Gasteiger charge is 2.14. The van der Waals surface area contributed by atoms with E-state index in [4.69, 9.17) is 4.74 Å². The summed E-state index contributed by atoms with van der Waals surface area (Å²) in [5.41, 5.74) is 0. The summed E-state index contributed by atoms with van der Waals surface area (Å²) >= 11 is 1.65. The van der Waals surface area contributed by atoms with Crippen LogP contribution in [0.15, 0.2) is 17.5 Å². The van der Waals surface area contributed by atoms with Gasteiger partial charge in [0.05, 0.1) is 12.1 Å². The molecule has 0 aliphatic rings. The number of rotatable bonds is 4. The molecule has 0 spiro atoms. The molecule has 0 aliphatic heterocycles. The van der Waals surface area contributed by atoms with Crippen LogP contribution in [0, 0.1) is 0 Å². The molecule has 1 N–H and O–H groups in total. The lowest BCUT2D eigenvalue weighted by molar-refractivity contribution is 0.112. The fourth-order valence-electron chi connectivity index (χ4n) is 1.25. The molecule has 0 radical (unpaired) electrons. The van der Waals surface area contributed by atoms with Gasteiger partial charge in [-0.2, -0.15) is 0 Å². The van der Waals surface area contributed by atoms with Crippen LogP contribution in [-0.2, 0) is 4.74 Å². The van der Waals surface area contributed by atoms with E-state index in [0.29, 0.717) is 0 Å². The van der Waals surface area contributed by atoms with Crippen molar-refractivity contribution < 1.29 is 9.53 Å². The predicted molar refractivity (Wildman–Crippen MR) is 62.1 cm³/mol. The molecule has 1 aromatic heterocycles. The third kappa shape index (κ3) is 3.91. The van der Waals surface area contributed by atoms with Crippen molar-refractivity contribution in [3.8, 4) is 0 Å². The Morgan fingerprint density at radius 3 is 2.80 bits per heavy atom. The molecular weight excluding hydrogens is 210 g/mol. The molecule has 0 fully saturated rings. The largest absolute Gasteiger partial charge is 0.447 e. The average molecular weight is 227 g/mol. The number of carbonyl (C=O) groups is 1. The van der Waals surface area contributed by atoms with E-state index in [1.54, 1.807) is 11.3 Å². The van der Waals surface area contributed by atoms with Gasteiger partial charge in [0.2, 0.25) is 0 Å². The van der Waals surface area contributed by atoms with E-state index in [0.717, 1.165) is 6.42 Å². The Balaban J connectivity index is 2.51. The van der Waals surface area contributed by atoms with Crippen molar-refractivity contribution in [2.24, 2.45) is 0 Å². The molecule has 84 valence electrons. The Morgan fingerprint density at radius 1 is 1.60 bits per heavy atom. The highest BCUT2D eigenvalue weighted by atomic mass is 32.1. The lowest BCUT2D eigenvalue weighted by Gasteiger charge is -2.16. The van der Waals surface area contributed by atoms with Crippen LogP contribution in [0.3, 0.4) is 0 Å². The van der Waals surface area contributed by atoms with Crippen molar-refractivity contribution in [2.75, 3.05) is 0 Å². The second-order valence-electron chi connectivity index (χ2n) is 3.57. The standard InChI is InChI=1S/C11H17NO2S/c1-4-9(10-6-5-7-15-10)12-11(13)14-8(2)3/h5-9H,4H2,1-3H3,(H,12,13). The van der Waals surface area contributed by atoms with E-state index >= 15 is 0 Å². The minimum absolute atomic E-state index is 0.0660. The summed E-state index contributed by atoms with van der Waals surface area (Å²) in [7, 11) is 0. The molecular formula is C11H17NO2S. The van der Waals surface area contributed by atoms with Gasteiger partial charge in [0.15, 0.2) is 0 Å². The summed E-state index contributed by atoms with van der Waals surface area (Å²) in [5, 5.41) is 4.86. The zero-order valence-electron chi connectivity index (χ0n) is 9.32. The minimum Gasteiger partial charge on any atom is -0.447 e. The maximum atomic E-state index is 11.4. The van der Waals surface area contributed by atoms with E-state index in [1.165, 1.54) is 4.88 Å². The second-order valence-corrected chi connectivity index (χ2v) is 4.55. The molecule has 1 atom stereocenters. The number of nitrogens with one attached hydrogen (secondary N) is 1. The molecule has 0 saturated carbocycles. The van der Waals surface area contributed by atoms with E-state index < -0.39 is 0 Å². The molecule has 1 aromatic rings. The summed E-state index contributed by atoms with van der Waals surface area (Å²) < 4.78 is 5.04.